The van der Waals surface area contributed by atoms with Crippen molar-refractivity contribution in [2.24, 2.45) is 0 Å². The number of halogens is 1. The van der Waals surface area contributed by atoms with Gasteiger partial charge in [-0.2, -0.15) is 0 Å². The largest absolute Gasteiger partial charge is 0.497 e. The average Bonchev–Trinajstić information content (AvgIpc) is 2.47. The number of aliphatic hydroxyl groups excluding tert-OH is 1. The molecule has 0 saturated carbocycles. The van der Waals surface area contributed by atoms with Gasteiger partial charge in [-0.25, -0.2) is 0 Å². The predicted molar refractivity (Wildman–Crippen MR) is 86.8 cm³/mol. The molecule has 0 heterocycles. The lowest BCUT2D eigenvalue weighted by Crippen LogP contribution is -2.02. The summed E-state index contributed by atoms with van der Waals surface area (Å²) in [6.07, 6.45) is -0.561. The molecule has 0 aliphatic carbocycles. The summed E-state index contributed by atoms with van der Waals surface area (Å²) in [5.74, 6) is 1.49. The molecule has 0 aliphatic rings. The Hall–Kier alpha value is -1.52. The van der Waals surface area contributed by atoms with Gasteiger partial charge >= 0.3 is 0 Å². The van der Waals surface area contributed by atoms with Gasteiger partial charge in [0, 0.05) is 15.6 Å². The summed E-state index contributed by atoms with van der Waals surface area (Å²) < 4.78 is 12.1. The summed E-state index contributed by atoms with van der Waals surface area (Å²) in [6.45, 7) is 4.14. The monoisotopic (exact) mass is 350 g/mol. The Labute approximate surface area is 133 Å². The number of aliphatic hydroxyl groups is 1. The molecular weight excluding hydrogens is 332 g/mol. The number of hydrogen-bond acceptors (Lipinski definition) is 3. The first-order chi connectivity index (χ1) is 10.0. The van der Waals surface area contributed by atoms with Crippen molar-refractivity contribution < 1.29 is 14.6 Å². The third-order valence-electron chi connectivity index (χ3n) is 3.25. The van der Waals surface area contributed by atoms with Crippen molar-refractivity contribution in [2.75, 3.05) is 7.11 Å². The molecule has 0 aromatic heterocycles. The zero-order valence-corrected chi connectivity index (χ0v) is 14.0. The van der Waals surface area contributed by atoms with Gasteiger partial charge in [0.25, 0.3) is 0 Å². The van der Waals surface area contributed by atoms with E-state index in [1.54, 1.807) is 14.0 Å². The molecule has 2 aromatic carbocycles. The van der Waals surface area contributed by atoms with Crippen molar-refractivity contribution in [2.45, 2.75) is 26.6 Å². The Morgan fingerprint density at radius 3 is 2.62 bits per heavy atom. The zero-order chi connectivity index (χ0) is 15.4. The smallest absolute Gasteiger partial charge is 0.125 e. The van der Waals surface area contributed by atoms with Crippen LogP contribution in [-0.2, 0) is 6.61 Å². The van der Waals surface area contributed by atoms with Gasteiger partial charge in [0.1, 0.15) is 18.1 Å². The molecule has 0 aliphatic heterocycles. The third-order valence-corrected chi connectivity index (χ3v) is 4.03. The lowest BCUT2D eigenvalue weighted by molar-refractivity contribution is 0.190. The first kappa shape index (κ1) is 15.9. The number of aryl methyl sites for hydroxylation is 1. The zero-order valence-electron chi connectivity index (χ0n) is 12.4. The maximum atomic E-state index is 9.85. The molecule has 0 saturated heterocycles. The summed E-state index contributed by atoms with van der Waals surface area (Å²) >= 11 is 3.51. The van der Waals surface area contributed by atoms with Gasteiger partial charge in [-0.05, 0) is 44.2 Å². The van der Waals surface area contributed by atoms with Crippen molar-refractivity contribution >= 4 is 15.9 Å². The average molecular weight is 351 g/mol. The van der Waals surface area contributed by atoms with E-state index in [0.717, 1.165) is 26.9 Å². The highest BCUT2D eigenvalue weighted by molar-refractivity contribution is 9.10. The number of rotatable bonds is 5. The molecule has 1 atom stereocenters. The second-order valence-electron chi connectivity index (χ2n) is 4.96. The van der Waals surface area contributed by atoms with Gasteiger partial charge < -0.3 is 14.6 Å². The van der Waals surface area contributed by atoms with Gasteiger partial charge in [-0.1, -0.05) is 27.6 Å². The first-order valence-corrected chi connectivity index (χ1v) is 7.54. The fourth-order valence-electron chi connectivity index (χ4n) is 2.07. The molecule has 0 bridgehead atoms. The molecule has 0 amide bonds. The van der Waals surface area contributed by atoms with Crippen LogP contribution in [-0.4, -0.2) is 12.2 Å². The van der Waals surface area contributed by atoms with Crippen LogP contribution in [0.25, 0.3) is 0 Å². The number of benzene rings is 2. The van der Waals surface area contributed by atoms with E-state index < -0.39 is 6.10 Å². The van der Waals surface area contributed by atoms with E-state index in [1.807, 2.05) is 43.3 Å². The van der Waals surface area contributed by atoms with Gasteiger partial charge in [-0.15, -0.1) is 0 Å². The molecule has 0 radical (unpaired) electrons. The van der Waals surface area contributed by atoms with E-state index in [2.05, 4.69) is 15.9 Å². The normalized spacial score (nSPS) is 12.0. The third kappa shape index (κ3) is 3.99. The van der Waals surface area contributed by atoms with Crippen molar-refractivity contribution in [3.05, 3.63) is 57.6 Å². The Balaban J connectivity index is 2.20. The second kappa shape index (κ2) is 6.96. The molecule has 4 heteroatoms. The highest BCUT2D eigenvalue weighted by Gasteiger charge is 2.11. The van der Waals surface area contributed by atoms with E-state index in [9.17, 15) is 5.11 Å². The Bertz CT molecular complexity index is 623. The van der Waals surface area contributed by atoms with E-state index in [1.165, 1.54) is 0 Å². The van der Waals surface area contributed by atoms with E-state index in [-0.39, 0.29) is 0 Å². The van der Waals surface area contributed by atoms with Gasteiger partial charge in [0.05, 0.1) is 13.2 Å². The number of hydrogen-bond donors (Lipinski definition) is 1. The maximum Gasteiger partial charge on any atom is 0.125 e. The Morgan fingerprint density at radius 1 is 1.19 bits per heavy atom. The second-order valence-corrected chi connectivity index (χ2v) is 5.82. The van der Waals surface area contributed by atoms with Crippen LogP contribution in [0.5, 0.6) is 11.5 Å². The van der Waals surface area contributed by atoms with Crippen LogP contribution in [0.3, 0.4) is 0 Å². The SMILES string of the molecule is COc1ccc(Br)c(COc2ccc(C)cc2C(C)O)c1. The Morgan fingerprint density at radius 2 is 1.95 bits per heavy atom. The standard InChI is InChI=1S/C17H19BrO3/c1-11-4-7-17(15(8-11)12(2)19)21-10-13-9-14(20-3)5-6-16(13)18/h4-9,12,19H,10H2,1-3H3. The molecule has 3 nitrogen and oxygen atoms in total. The van der Waals surface area contributed by atoms with Crippen LogP contribution in [0.15, 0.2) is 40.9 Å². The molecule has 21 heavy (non-hydrogen) atoms. The van der Waals surface area contributed by atoms with Gasteiger partial charge in [0.15, 0.2) is 0 Å². The molecule has 112 valence electrons. The minimum Gasteiger partial charge on any atom is -0.497 e. The molecule has 2 rings (SSSR count). The summed E-state index contributed by atoms with van der Waals surface area (Å²) in [4.78, 5) is 0. The number of methoxy groups -OCH3 is 1. The van der Waals surface area contributed by atoms with Crippen LogP contribution in [0.1, 0.15) is 29.7 Å². The molecule has 0 fully saturated rings. The minimum atomic E-state index is -0.561. The molecule has 1 unspecified atom stereocenters. The van der Waals surface area contributed by atoms with E-state index >= 15 is 0 Å². The van der Waals surface area contributed by atoms with Gasteiger partial charge in [-0.3, -0.25) is 0 Å². The maximum absolute atomic E-state index is 9.85. The van der Waals surface area contributed by atoms with E-state index in [4.69, 9.17) is 9.47 Å². The molecule has 1 N–H and O–H groups in total. The van der Waals surface area contributed by atoms with Crippen molar-refractivity contribution in [1.82, 2.24) is 0 Å². The van der Waals surface area contributed by atoms with Crippen LogP contribution in [0.4, 0.5) is 0 Å². The van der Waals surface area contributed by atoms with Crippen LogP contribution in [0.2, 0.25) is 0 Å². The van der Waals surface area contributed by atoms with Crippen molar-refractivity contribution in [3.63, 3.8) is 0 Å². The quantitative estimate of drug-likeness (QED) is 0.868. The fraction of sp³-hybridized carbons (Fsp3) is 0.294. The topological polar surface area (TPSA) is 38.7 Å². The molecule has 0 spiro atoms. The first-order valence-electron chi connectivity index (χ1n) is 6.75. The molecular formula is C17H19BrO3. The van der Waals surface area contributed by atoms with Crippen LogP contribution in [0, 0.1) is 6.92 Å². The summed E-state index contributed by atoms with van der Waals surface area (Å²) in [5.41, 5.74) is 2.89. The summed E-state index contributed by atoms with van der Waals surface area (Å²) in [6, 6.07) is 11.6. The lowest BCUT2D eigenvalue weighted by Gasteiger charge is -2.15. The van der Waals surface area contributed by atoms with Crippen LogP contribution >= 0.6 is 15.9 Å². The van der Waals surface area contributed by atoms with Crippen molar-refractivity contribution in [1.29, 1.82) is 0 Å². The lowest BCUT2D eigenvalue weighted by atomic mass is 10.1. The predicted octanol–water partition coefficient (Wildman–Crippen LogP) is 4.40. The minimum absolute atomic E-state index is 0.403. The van der Waals surface area contributed by atoms with Crippen molar-refractivity contribution in [3.8, 4) is 11.5 Å². The Kier molecular flexibility index (Phi) is 5.26. The van der Waals surface area contributed by atoms with E-state index in [0.29, 0.717) is 12.4 Å². The van der Waals surface area contributed by atoms with Crippen LogP contribution < -0.4 is 9.47 Å². The summed E-state index contributed by atoms with van der Waals surface area (Å²) in [7, 11) is 1.64. The molecule has 2 aromatic rings. The van der Waals surface area contributed by atoms with Gasteiger partial charge in [0.2, 0.25) is 0 Å². The highest BCUT2D eigenvalue weighted by Crippen LogP contribution is 2.29. The fourth-order valence-corrected chi connectivity index (χ4v) is 2.43. The highest BCUT2D eigenvalue weighted by atomic mass is 79.9. The summed E-state index contributed by atoms with van der Waals surface area (Å²) in [5, 5.41) is 9.85. The number of ether oxygens (including phenoxy) is 2.